The zero-order chi connectivity index (χ0) is 14.3. The minimum absolute atomic E-state index is 0.154. The van der Waals surface area contributed by atoms with Crippen LogP contribution in [0.1, 0.15) is 16.1 Å². The number of hydrogen-bond acceptors (Lipinski definition) is 3. The van der Waals surface area contributed by atoms with E-state index < -0.39 is 11.8 Å². The monoisotopic (exact) mass is 328 g/mol. The van der Waals surface area contributed by atoms with Crippen LogP contribution in [0.3, 0.4) is 0 Å². The molecule has 0 fully saturated rings. The second-order valence-electron chi connectivity index (χ2n) is 4.03. The minimum Gasteiger partial charge on any atom is -0.506 e. The molecule has 7 heteroatoms. The average Bonchev–Trinajstić information content (AvgIpc) is 2.70. The van der Waals surface area contributed by atoms with Crippen molar-refractivity contribution >= 4 is 21.9 Å². The molecule has 0 aliphatic heterocycles. The summed E-state index contributed by atoms with van der Waals surface area (Å²) in [4.78, 5) is 10.9. The third-order valence-corrected chi connectivity index (χ3v) is 3.41. The van der Waals surface area contributed by atoms with Crippen molar-refractivity contribution in [2.24, 2.45) is 7.05 Å². The standard InChI is InChI=1S/C12H10BrFN2O3/c1-5-7(14)3-6(13)11(17)10(5)9-4-8(12(18)19)15-16(9)2/h3-4,17H,1-2H3,(H,18,19). The Bertz CT molecular complexity index is 656. The first-order valence-corrected chi connectivity index (χ1v) is 6.07. The van der Waals surface area contributed by atoms with Crippen LogP contribution in [-0.2, 0) is 7.05 Å². The number of aromatic carboxylic acids is 1. The highest BCUT2D eigenvalue weighted by atomic mass is 79.9. The summed E-state index contributed by atoms with van der Waals surface area (Å²) in [7, 11) is 1.53. The Labute approximate surface area is 116 Å². The van der Waals surface area contributed by atoms with Crippen molar-refractivity contribution in [2.75, 3.05) is 0 Å². The normalized spacial score (nSPS) is 10.7. The number of rotatable bonds is 2. The molecule has 0 saturated heterocycles. The van der Waals surface area contributed by atoms with E-state index in [1.165, 1.54) is 24.7 Å². The molecule has 0 radical (unpaired) electrons. The van der Waals surface area contributed by atoms with Crippen molar-refractivity contribution in [3.8, 4) is 17.0 Å². The van der Waals surface area contributed by atoms with Gasteiger partial charge in [-0.25, -0.2) is 9.18 Å². The van der Waals surface area contributed by atoms with E-state index in [0.717, 1.165) is 6.07 Å². The molecule has 1 aromatic heterocycles. The number of nitrogens with zero attached hydrogens (tertiary/aromatic N) is 2. The number of carbonyl (C=O) groups is 1. The maximum atomic E-state index is 13.7. The van der Waals surface area contributed by atoms with Crippen molar-refractivity contribution in [1.82, 2.24) is 9.78 Å². The van der Waals surface area contributed by atoms with Crippen LogP contribution in [0, 0.1) is 12.7 Å². The Morgan fingerprint density at radius 3 is 2.63 bits per heavy atom. The summed E-state index contributed by atoms with van der Waals surface area (Å²) in [5.74, 6) is -1.84. The fourth-order valence-corrected chi connectivity index (χ4v) is 2.22. The molecule has 0 unspecified atom stereocenters. The van der Waals surface area contributed by atoms with Crippen LogP contribution in [-0.4, -0.2) is 26.0 Å². The highest BCUT2D eigenvalue weighted by Gasteiger charge is 2.20. The van der Waals surface area contributed by atoms with E-state index in [2.05, 4.69) is 21.0 Å². The van der Waals surface area contributed by atoms with Crippen LogP contribution in [0.2, 0.25) is 0 Å². The van der Waals surface area contributed by atoms with E-state index in [4.69, 9.17) is 5.11 Å². The molecule has 0 bridgehead atoms. The number of hydrogen-bond donors (Lipinski definition) is 2. The van der Waals surface area contributed by atoms with E-state index in [1.807, 2.05) is 0 Å². The van der Waals surface area contributed by atoms with E-state index in [1.54, 1.807) is 0 Å². The van der Waals surface area contributed by atoms with Crippen molar-refractivity contribution in [2.45, 2.75) is 6.92 Å². The molecule has 100 valence electrons. The summed E-state index contributed by atoms with van der Waals surface area (Å²) in [6.07, 6.45) is 0. The Hall–Kier alpha value is -1.89. The first-order chi connectivity index (χ1) is 8.82. The molecule has 0 atom stereocenters. The molecule has 2 aromatic rings. The van der Waals surface area contributed by atoms with Gasteiger partial charge in [-0.2, -0.15) is 5.10 Å². The lowest BCUT2D eigenvalue weighted by atomic mass is 10.0. The van der Waals surface area contributed by atoms with Crippen LogP contribution in [0.4, 0.5) is 4.39 Å². The van der Waals surface area contributed by atoms with Gasteiger partial charge in [-0.1, -0.05) is 0 Å². The highest BCUT2D eigenvalue weighted by molar-refractivity contribution is 9.10. The second-order valence-corrected chi connectivity index (χ2v) is 4.89. The van der Waals surface area contributed by atoms with E-state index >= 15 is 0 Å². The molecule has 0 spiro atoms. The minimum atomic E-state index is -1.19. The van der Waals surface area contributed by atoms with Crippen LogP contribution < -0.4 is 0 Å². The van der Waals surface area contributed by atoms with Gasteiger partial charge in [-0.3, -0.25) is 4.68 Å². The van der Waals surface area contributed by atoms with Gasteiger partial charge in [-0.05, 0) is 40.5 Å². The van der Waals surface area contributed by atoms with Gasteiger partial charge >= 0.3 is 5.97 Å². The number of phenols is 1. The van der Waals surface area contributed by atoms with Crippen molar-refractivity contribution < 1.29 is 19.4 Å². The molecule has 1 heterocycles. The second kappa shape index (κ2) is 4.65. The van der Waals surface area contributed by atoms with Gasteiger partial charge in [0.2, 0.25) is 0 Å². The Morgan fingerprint density at radius 2 is 2.11 bits per heavy atom. The van der Waals surface area contributed by atoms with Crippen LogP contribution >= 0.6 is 15.9 Å². The number of carboxylic acid groups (broad SMARTS) is 1. The molecule has 2 rings (SSSR count). The SMILES string of the molecule is Cc1c(F)cc(Br)c(O)c1-c1cc(C(=O)O)nn1C. The predicted molar refractivity (Wildman–Crippen MR) is 69.7 cm³/mol. The number of aromatic hydroxyl groups is 1. The number of halogens is 2. The number of carboxylic acids is 1. The molecule has 1 aromatic carbocycles. The number of aromatic nitrogens is 2. The quantitative estimate of drug-likeness (QED) is 0.888. The maximum Gasteiger partial charge on any atom is 0.356 e. The van der Waals surface area contributed by atoms with Crippen molar-refractivity contribution in [3.05, 3.63) is 33.7 Å². The molecule has 0 amide bonds. The maximum absolute atomic E-state index is 13.7. The summed E-state index contributed by atoms with van der Waals surface area (Å²) in [5, 5.41) is 22.7. The Balaban J connectivity index is 2.75. The fourth-order valence-electron chi connectivity index (χ4n) is 1.82. The Morgan fingerprint density at radius 1 is 1.47 bits per heavy atom. The van der Waals surface area contributed by atoms with E-state index in [0.29, 0.717) is 5.69 Å². The molecular weight excluding hydrogens is 319 g/mol. The van der Waals surface area contributed by atoms with Crippen LogP contribution in [0.15, 0.2) is 16.6 Å². The third kappa shape index (κ3) is 2.21. The first-order valence-electron chi connectivity index (χ1n) is 5.28. The summed E-state index contributed by atoms with van der Waals surface area (Å²) < 4.78 is 15.2. The van der Waals surface area contributed by atoms with Gasteiger partial charge in [0, 0.05) is 12.6 Å². The fraction of sp³-hybridized carbons (Fsp3) is 0.167. The molecular formula is C12H10BrFN2O3. The van der Waals surface area contributed by atoms with Gasteiger partial charge in [0.1, 0.15) is 11.6 Å². The molecule has 5 nitrogen and oxygen atoms in total. The number of phenolic OH excluding ortho intramolecular Hbond substituents is 1. The lowest BCUT2D eigenvalue weighted by molar-refractivity contribution is 0.0689. The van der Waals surface area contributed by atoms with Gasteiger partial charge in [0.25, 0.3) is 0 Å². The molecule has 0 aliphatic carbocycles. The van der Waals surface area contributed by atoms with Crippen LogP contribution in [0.5, 0.6) is 5.75 Å². The zero-order valence-corrected chi connectivity index (χ0v) is 11.7. The molecule has 19 heavy (non-hydrogen) atoms. The van der Waals surface area contributed by atoms with Crippen molar-refractivity contribution in [3.63, 3.8) is 0 Å². The Kier molecular flexibility index (Phi) is 3.32. The molecule has 2 N–H and O–H groups in total. The van der Waals surface area contributed by atoms with Crippen molar-refractivity contribution in [1.29, 1.82) is 0 Å². The van der Waals surface area contributed by atoms with E-state index in [-0.39, 0.29) is 27.0 Å². The molecule has 0 saturated carbocycles. The zero-order valence-electron chi connectivity index (χ0n) is 10.1. The first kappa shape index (κ1) is 13.5. The molecule has 0 aliphatic rings. The number of aryl methyl sites for hydroxylation is 1. The third-order valence-electron chi connectivity index (χ3n) is 2.80. The van der Waals surface area contributed by atoms with Crippen LogP contribution in [0.25, 0.3) is 11.3 Å². The summed E-state index contributed by atoms with van der Waals surface area (Å²) in [6, 6.07) is 2.44. The predicted octanol–water partition coefficient (Wildman–Crippen LogP) is 2.70. The van der Waals surface area contributed by atoms with Gasteiger partial charge in [0.15, 0.2) is 5.69 Å². The van der Waals surface area contributed by atoms with E-state index in [9.17, 15) is 14.3 Å². The topological polar surface area (TPSA) is 75.3 Å². The summed E-state index contributed by atoms with van der Waals surface area (Å²) in [5.41, 5.74) is 0.597. The average molecular weight is 329 g/mol. The highest BCUT2D eigenvalue weighted by Crippen LogP contribution is 2.39. The lowest BCUT2D eigenvalue weighted by Gasteiger charge is -2.11. The number of benzene rings is 1. The van der Waals surface area contributed by atoms with Gasteiger partial charge in [-0.15, -0.1) is 0 Å². The lowest BCUT2D eigenvalue weighted by Crippen LogP contribution is -2.00. The van der Waals surface area contributed by atoms with Gasteiger partial charge in [0.05, 0.1) is 10.2 Å². The van der Waals surface area contributed by atoms with Gasteiger partial charge < -0.3 is 10.2 Å². The summed E-state index contributed by atoms with van der Waals surface area (Å²) in [6.45, 7) is 1.50. The smallest absolute Gasteiger partial charge is 0.356 e. The largest absolute Gasteiger partial charge is 0.506 e. The summed E-state index contributed by atoms with van der Waals surface area (Å²) >= 11 is 3.05.